The van der Waals surface area contributed by atoms with Crippen LogP contribution < -0.4 is 5.32 Å². The molecule has 1 saturated heterocycles. The van der Waals surface area contributed by atoms with Gasteiger partial charge in [0.15, 0.2) is 0 Å². The minimum absolute atomic E-state index is 0.0370. The van der Waals surface area contributed by atoms with Crippen molar-refractivity contribution >= 4 is 5.91 Å². The van der Waals surface area contributed by atoms with Gasteiger partial charge in [-0.15, -0.1) is 0 Å². The average Bonchev–Trinajstić information content (AvgIpc) is 3.19. The zero-order valence-electron chi connectivity index (χ0n) is 11.7. The number of nitrogens with zero attached hydrogens (tertiary/aromatic N) is 1. The highest BCUT2D eigenvalue weighted by atomic mass is 16.5. The quantitative estimate of drug-likeness (QED) is 0.873. The molecule has 1 fully saturated rings. The molecule has 6 heteroatoms. The van der Waals surface area contributed by atoms with E-state index in [0.29, 0.717) is 24.6 Å². The molecule has 1 unspecified atom stereocenters. The number of amides is 1. The smallest absolute Gasteiger partial charge is 0.226 e. The molecule has 3 heterocycles. The Kier molecular flexibility index (Phi) is 4.35. The van der Waals surface area contributed by atoms with Crippen LogP contribution in [0.25, 0.3) is 0 Å². The summed E-state index contributed by atoms with van der Waals surface area (Å²) in [5.74, 6) is 1.12. The number of carbonyl (C=O) groups is 1. The van der Waals surface area contributed by atoms with Crippen molar-refractivity contribution in [1.82, 2.24) is 10.5 Å². The van der Waals surface area contributed by atoms with Gasteiger partial charge in [-0.05, 0) is 18.1 Å². The summed E-state index contributed by atoms with van der Waals surface area (Å²) in [7, 11) is 0. The Balaban J connectivity index is 1.46. The Morgan fingerprint density at radius 2 is 2.43 bits per heavy atom. The zero-order valence-corrected chi connectivity index (χ0v) is 11.7. The van der Waals surface area contributed by atoms with Gasteiger partial charge in [-0.1, -0.05) is 5.16 Å². The first-order valence-corrected chi connectivity index (χ1v) is 7.09. The van der Waals surface area contributed by atoms with Crippen molar-refractivity contribution in [1.29, 1.82) is 0 Å². The van der Waals surface area contributed by atoms with Crippen molar-refractivity contribution in [2.45, 2.75) is 19.3 Å². The van der Waals surface area contributed by atoms with E-state index < -0.39 is 0 Å². The van der Waals surface area contributed by atoms with Crippen molar-refractivity contribution in [2.75, 3.05) is 19.8 Å². The van der Waals surface area contributed by atoms with Gasteiger partial charge in [0.25, 0.3) is 0 Å². The molecule has 1 aliphatic rings. The Morgan fingerprint density at radius 1 is 1.48 bits per heavy atom. The van der Waals surface area contributed by atoms with E-state index in [1.54, 1.807) is 12.5 Å². The topological polar surface area (TPSA) is 77.5 Å². The van der Waals surface area contributed by atoms with Crippen molar-refractivity contribution < 1.29 is 18.5 Å². The third kappa shape index (κ3) is 3.95. The van der Waals surface area contributed by atoms with Gasteiger partial charge in [0.05, 0.1) is 31.2 Å². The summed E-state index contributed by atoms with van der Waals surface area (Å²) < 4.78 is 15.5. The zero-order chi connectivity index (χ0) is 14.5. The fraction of sp³-hybridized carbons (Fsp3) is 0.467. The van der Waals surface area contributed by atoms with Crippen LogP contribution in [0, 0.1) is 5.92 Å². The highest BCUT2D eigenvalue weighted by molar-refractivity contribution is 5.78. The van der Waals surface area contributed by atoms with Crippen LogP contribution in [0.1, 0.15) is 23.4 Å². The number of hydrogen-bond donors (Lipinski definition) is 1. The molecule has 112 valence electrons. The minimum atomic E-state index is -0.0370. The Labute approximate surface area is 122 Å². The van der Waals surface area contributed by atoms with Crippen LogP contribution in [0.5, 0.6) is 0 Å². The summed E-state index contributed by atoms with van der Waals surface area (Å²) in [6, 6.07) is 3.68. The van der Waals surface area contributed by atoms with E-state index in [1.165, 1.54) is 0 Å². The second-order valence-electron chi connectivity index (χ2n) is 5.30. The van der Waals surface area contributed by atoms with E-state index in [4.69, 9.17) is 13.7 Å². The van der Waals surface area contributed by atoms with Gasteiger partial charge in [-0.25, -0.2) is 0 Å². The molecule has 2 aromatic rings. The Bertz CT molecular complexity index is 570. The first-order chi connectivity index (χ1) is 10.3. The summed E-state index contributed by atoms with van der Waals surface area (Å²) >= 11 is 0. The van der Waals surface area contributed by atoms with E-state index in [9.17, 15) is 4.79 Å². The fourth-order valence-corrected chi connectivity index (χ4v) is 2.35. The maximum Gasteiger partial charge on any atom is 0.226 e. The summed E-state index contributed by atoms with van der Waals surface area (Å²) in [5, 5.41) is 6.84. The van der Waals surface area contributed by atoms with Crippen LogP contribution in [0.4, 0.5) is 0 Å². The van der Waals surface area contributed by atoms with E-state index in [2.05, 4.69) is 10.5 Å². The summed E-state index contributed by atoms with van der Waals surface area (Å²) in [5.41, 5.74) is 1.66. The second-order valence-corrected chi connectivity index (χ2v) is 5.30. The molecule has 0 radical (unpaired) electrons. The largest absolute Gasteiger partial charge is 0.472 e. The van der Waals surface area contributed by atoms with Gasteiger partial charge in [0, 0.05) is 31.6 Å². The van der Waals surface area contributed by atoms with Crippen molar-refractivity contribution in [3.8, 4) is 0 Å². The van der Waals surface area contributed by atoms with Crippen LogP contribution in [0.3, 0.4) is 0 Å². The number of carbonyl (C=O) groups excluding carboxylic acids is 1. The lowest BCUT2D eigenvalue weighted by molar-refractivity contribution is -0.120. The first-order valence-electron chi connectivity index (χ1n) is 7.09. The molecule has 2 aromatic heterocycles. The Hall–Kier alpha value is -2.08. The van der Waals surface area contributed by atoms with Gasteiger partial charge >= 0.3 is 0 Å². The normalized spacial score (nSPS) is 18.0. The number of furan rings is 1. The first kappa shape index (κ1) is 13.9. The maximum atomic E-state index is 11.8. The molecule has 21 heavy (non-hydrogen) atoms. The third-order valence-electron chi connectivity index (χ3n) is 3.52. The molecular weight excluding hydrogens is 272 g/mol. The van der Waals surface area contributed by atoms with Gasteiger partial charge in [0.2, 0.25) is 5.91 Å². The average molecular weight is 290 g/mol. The molecule has 0 saturated carbocycles. The number of rotatable bonds is 6. The third-order valence-corrected chi connectivity index (χ3v) is 3.52. The Morgan fingerprint density at radius 3 is 3.19 bits per heavy atom. The van der Waals surface area contributed by atoms with Crippen LogP contribution in [0.2, 0.25) is 0 Å². The number of hydrogen-bond acceptors (Lipinski definition) is 5. The summed E-state index contributed by atoms with van der Waals surface area (Å²) in [6.07, 6.45) is 5.15. The van der Waals surface area contributed by atoms with E-state index >= 15 is 0 Å². The number of aromatic nitrogens is 1. The molecule has 1 N–H and O–H groups in total. The lowest BCUT2D eigenvalue weighted by atomic mass is 10.1. The molecular formula is C15H18N2O4. The van der Waals surface area contributed by atoms with Crippen LogP contribution in [-0.2, 0) is 22.4 Å². The van der Waals surface area contributed by atoms with Gasteiger partial charge in [-0.2, -0.15) is 0 Å². The van der Waals surface area contributed by atoms with Crippen molar-refractivity contribution in [2.24, 2.45) is 5.92 Å². The lowest BCUT2D eigenvalue weighted by Crippen LogP contribution is -2.30. The van der Waals surface area contributed by atoms with Crippen LogP contribution in [-0.4, -0.2) is 30.8 Å². The van der Waals surface area contributed by atoms with Crippen molar-refractivity contribution in [3.63, 3.8) is 0 Å². The molecule has 1 atom stereocenters. The minimum Gasteiger partial charge on any atom is -0.472 e. The van der Waals surface area contributed by atoms with Gasteiger partial charge in [0.1, 0.15) is 5.76 Å². The number of nitrogens with one attached hydrogen (secondary N) is 1. The molecule has 0 aliphatic carbocycles. The van der Waals surface area contributed by atoms with E-state index in [-0.39, 0.29) is 12.3 Å². The lowest BCUT2D eigenvalue weighted by Gasteiger charge is -2.08. The van der Waals surface area contributed by atoms with Crippen LogP contribution >= 0.6 is 0 Å². The van der Waals surface area contributed by atoms with Crippen molar-refractivity contribution in [3.05, 3.63) is 41.7 Å². The predicted octanol–water partition coefficient (Wildman–Crippen LogP) is 1.55. The number of ether oxygens (including phenoxy) is 1. The van der Waals surface area contributed by atoms with Gasteiger partial charge < -0.3 is 19.0 Å². The molecule has 0 aromatic carbocycles. The monoisotopic (exact) mass is 290 g/mol. The van der Waals surface area contributed by atoms with E-state index in [0.717, 1.165) is 31.0 Å². The molecule has 1 aliphatic heterocycles. The molecule has 0 spiro atoms. The standard InChI is InChI=1S/C15H18N2O4/c18-15(16-8-12-2-4-20-10-12)7-13-6-14(21-17-13)5-11-1-3-19-9-11/h1,3,6,9,12H,2,4-5,7-8,10H2,(H,16,18). The maximum absolute atomic E-state index is 11.8. The molecule has 1 amide bonds. The van der Waals surface area contributed by atoms with Crippen LogP contribution in [0.15, 0.2) is 33.6 Å². The highest BCUT2D eigenvalue weighted by Gasteiger charge is 2.17. The predicted molar refractivity (Wildman–Crippen MR) is 73.7 cm³/mol. The SMILES string of the molecule is O=C(Cc1cc(Cc2ccoc2)on1)NCC1CCOC1. The molecule has 3 rings (SSSR count). The highest BCUT2D eigenvalue weighted by Crippen LogP contribution is 2.12. The summed E-state index contributed by atoms with van der Waals surface area (Å²) in [6.45, 7) is 2.19. The molecule has 0 bridgehead atoms. The second kappa shape index (κ2) is 6.58. The fourth-order valence-electron chi connectivity index (χ4n) is 2.35. The summed E-state index contributed by atoms with van der Waals surface area (Å²) in [4.78, 5) is 11.8. The van der Waals surface area contributed by atoms with Gasteiger partial charge in [-0.3, -0.25) is 4.79 Å². The van der Waals surface area contributed by atoms with E-state index in [1.807, 2.05) is 12.1 Å². The molecule has 6 nitrogen and oxygen atoms in total.